The molecule has 0 aliphatic rings. The lowest BCUT2D eigenvalue weighted by molar-refractivity contribution is -0.137. The van der Waals surface area contributed by atoms with Gasteiger partial charge in [0.15, 0.2) is 0 Å². The van der Waals surface area contributed by atoms with Gasteiger partial charge >= 0.3 is 13.8 Å². The zero-order valence-electron chi connectivity index (χ0n) is 7.85. The molecule has 88 valence electrons. The summed E-state index contributed by atoms with van der Waals surface area (Å²) >= 11 is 0. The highest BCUT2D eigenvalue weighted by molar-refractivity contribution is 7.55. The summed E-state index contributed by atoms with van der Waals surface area (Å²) in [6.07, 6.45) is -3.34. The first-order valence-electron chi connectivity index (χ1n) is 4.10. The standard InChI is InChI=1S/C9H8F3O3P/c10-9(11,12)8-3-1-7(2-4-8)5-6-16(13,14)15/h1-6H,(H2,13,14,15). The van der Waals surface area contributed by atoms with Gasteiger partial charge in [-0.2, -0.15) is 13.2 Å². The lowest BCUT2D eigenvalue weighted by atomic mass is 10.1. The third-order valence-corrected chi connectivity index (χ3v) is 2.24. The van der Waals surface area contributed by atoms with Crippen LogP contribution >= 0.6 is 7.60 Å². The molecule has 0 heterocycles. The topological polar surface area (TPSA) is 57.5 Å². The van der Waals surface area contributed by atoms with E-state index in [-0.39, 0.29) is 5.56 Å². The number of rotatable bonds is 2. The normalized spacial score (nSPS) is 13.3. The van der Waals surface area contributed by atoms with Crippen LogP contribution in [0, 0.1) is 0 Å². The van der Waals surface area contributed by atoms with Crippen LogP contribution in [0.4, 0.5) is 13.2 Å². The van der Waals surface area contributed by atoms with Crippen molar-refractivity contribution >= 4 is 13.7 Å². The van der Waals surface area contributed by atoms with E-state index in [0.717, 1.165) is 30.3 Å². The molecule has 0 aliphatic carbocycles. The highest BCUT2D eigenvalue weighted by Gasteiger charge is 2.29. The Labute approximate surface area is 89.4 Å². The van der Waals surface area contributed by atoms with E-state index in [2.05, 4.69) is 0 Å². The number of halogens is 3. The van der Waals surface area contributed by atoms with Gasteiger partial charge < -0.3 is 9.79 Å². The van der Waals surface area contributed by atoms with Crippen molar-refractivity contribution in [2.24, 2.45) is 0 Å². The first kappa shape index (κ1) is 13.0. The molecular weight excluding hydrogens is 244 g/mol. The van der Waals surface area contributed by atoms with Gasteiger partial charge in [-0.05, 0) is 23.8 Å². The summed E-state index contributed by atoms with van der Waals surface area (Å²) in [5, 5.41) is 0. The Bertz CT molecular complexity index is 430. The molecule has 0 unspecified atom stereocenters. The van der Waals surface area contributed by atoms with Crippen molar-refractivity contribution in [3.63, 3.8) is 0 Å². The zero-order chi connectivity index (χ0) is 12.4. The Morgan fingerprint density at radius 3 is 2.00 bits per heavy atom. The molecule has 1 aromatic carbocycles. The van der Waals surface area contributed by atoms with Gasteiger partial charge in [-0.15, -0.1) is 0 Å². The molecule has 0 spiro atoms. The molecule has 7 heteroatoms. The molecule has 0 saturated carbocycles. The Morgan fingerprint density at radius 1 is 1.12 bits per heavy atom. The second-order valence-electron chi connectivity index (χ2n) is 3.02. The second kappa shape index (κ2) is 4.41. The van der Waals surface area contributed by atoms with E-state index in [1.165, 1.54) is 0 Å². The quantitative estimate of drug-likeness (QED) is 0.795. The SMILES string of the molecule is O=P(O)(O)C=Cc1ccc(C(F)(F)F)cc1. The molecule has 0 aliphatic heterocycles. The van der Waals surface area contributed by atoms with Gasteiger partial charge in [0.1, 0.15) is 0 Å². The van der Waals surface area contributed by atoms with Crippen LogP contribution in [0.1, 0.15) is 11.1 Å². The fourth-order valence-electron chi connectivity index (χ4n) is 0.966. The third-order valence-electron chi connectivity index (χ3n) is 1.70. The van der Waals surface area contributed by atoms with Crippen LogP contribution in [-0.2, 0) is 10.7 Å². The summed E-state index contributed by atoms with van der Waals surface area (Å²) in [6.45, 7) is 0. The van der Waals surface area contributed by atoms with E-state index in [1.807, 2.05) is 0 Å². The van der Waals surface area contributed by atoms with E-state index in [0.29, 0.717) is 5.82 Å². The molecule has 0 fully saturated rings. The van der Waals surface area contributed by atoms with Crippen LogP contribution < -0.4 is 0 Å². The van der Waals surface area contributed by atoms with Crippen LogP contribution in [0.5, 0.6) is 0 Å². The average molecular weight is 252 g/mol. The molecule has 1 aromatic rings. The minimum absolute atomic E-state index is 0.288. The van der Waals surface area contributed by atoms with Crippen molar-refractivity contribution < 1.29 is 27.5 Å². The maximum absolute atomic E-state index is 12.2. The molecule has 0 amide bonds. The van der Waals surface area contributed by atoms with Crippen molar-refractivity contribution in [2.75, 3.05) is 0 Å². The van der Waals surface area contributed by atoms with Gasteiger partial charge in [0.05, 0.1) is 5.56 Å². The largest absolute Gasteiger partial charge is 0.416 e. The van der Waals surface area contributed by atoms with E-state index < -0.39 is 19.3 Å². The van der Waals surface area contributed by atoms with Crippen LogP contribution in [-0.4, -0.2) is 9.79 Å². The van der Waals surface area contributed by atoms with Gasteiger partial charge in [-0.1, -0.05) is 12.1 Å². The van der Waals surface area contributed by atoms with E-state index in [9.17, 15) is 17.7 Å². The average Bonchev–Trinajstić information content (AvgIpc) is 2.13. The summed E-state index contributed by atoms with van der Waals surface area (Å²) < 4.78 is 46.9. The highest BCUT2D eigenvalue weighted by Crippen LogP contribution is 2.37. The summed E-state index contributed by atoms with van der Waals surface area (Å²) in [7, 11) is -4.28. The Hall–Kier alpha value is -1.10. The fraction of sp³-hybridized carbons (Fsp3) is 0.111. The molecule has 0 atom stereocenters. The minimum atomic E-state index is -4.41. The van der Waals surface area contributed by atoms with Gasteiger partial charge in [0, 0.05) is 5.82 Å². The molecule has 2 N–H and O–H groups in total. The van der Waals surface area contributed by atoms with Gasteiger partial charge in [-0.3, -0.25) is 4.57 Å². The second-order valence-corrected chi connectivity index (χ2v) is 4.50. The third kappa shape index (κ3) is 4.18. The molecule has 1 rings (SSSR count). The van der Waals surface area contributed by atoms with E-state index in [4.69, 9.17) is 9.79 Å². The smallest absolute Gasteiger partial charge is 0.321 e. The highest BCUT2D eigenvalue weighted by atomic mass is 31.2. The molecule has 0 saturated heterocycles. The first-order valence-corrected chi connectivity index (χ1v) is 5.78. The molecular formula is C9H8F3O3P. The van der Waals surface area contributed by atoms with Crippen LogP contribution in [0.15, 0.2) is 30.1 Å². The van der Waals surface area contributed by atoms with Crippen molar-refractivity contribution in [3.05, 3.63) is 41.2 Å². The lowest BCUT2D eigenvalue weighted by Gasteiger charge is -2.05. The predicted octanol–water partition coefficient (Wildman–Crippen LogP) is 2.85. The van der Waals surface area contributed by atoms with E-state index in [1.54, 1.807) is 0 Å². The van der Waals surface area contributed by atoms with Gasteiger partial charge in [-0.25, -0.2) is 0 Å². The van der Waals surface area contributed by atoms with Gasteiger partial charge in [0.25, 0.3) is 0 Å². The zero-order valence-corrected chi connectivity index (χ0v) is 8.74. The van der Waals surface area contributed by atoms with Crippen molar-refractivity contribution in [3.8, 4) is 0 Å². The fourth-order valence-corrected chi connectivity index (χ4v) is 1.33. The summed E-state index contributed by atoms with van der Waals surface area (Å²) in [4.78, 5) is 17.0. The van der Waals surface area contributed by atoms with Crippen LogP contribution in [0.3, 0.4) is 0 Å². The molecule has 0 aromatic heterocycles. The monoisotopic (exact) mass is 252 g/mol. The lowest BCUT2D eigenvalue weighted by Crippen LogP contribution is -2.03. The maximum atomic E-state index is 12.2. The molecule has 16 heavy (non-hydrogen) atoms. The molecule has 3 nitrogen and oxygen atoms in total. The van der Waals surface area contributed by atoms with E-state index >= 15 is 0 Å². The number of alkyl halides is 3. The Kier molecular flexibility index (Phi) is 3.57. The molecule has 0 bridgehead atoms. The summed E-state index contributed by atoms with van der Waals surface area (Å²) in [5.41, 5.74) is -0.517. The Morgan fingerprint density at radius 2 is 1.62 bits per heavy atom. The van der Waals surface area contributed by atoms with Crippen LogP contribution in [0.25, 0.3) is 6.08 Å². The van der Waals surface area contributed by atoms with Crippen molar-refractivity contribution in [1.82, 2.24) is 0 Å². The Balaban J connectivity index is 2.89. The number of hydrogen-bond acceptors (Lipinski definition) is 1. The first-order chi connectivity index (χ1) is 7.18. The summed E-state index contributed by atoms with van der Waals surface area (Å²) in [6, 6.07) is 3.96. The summed E-state index contributed by atoms with van der Waals surface area (Å²) in [5.74, 6) is 0.635. The number of benzene rings is 1. The minimum Gasteiger partial charge on any atom is -0.321 e. The molecule has 0 radical (unpaired) electrons. The van der Waals surface area contributed by atoms with Crippen LogP contribution in [0.2, 0.25) is 0 Å². The van der Waals surface area contributed by atoms with Gasteiger partial charge in [0.2, 0.25) is 0 Å². The van der Waals surface area contributed by atoms with Crippen molar-refractivity contribution in [1.29, 1.82) is 0 Å². The maximum Gasteiger partial charge on any atom is 0.416 e. The van der Waals surface area contributed by atoms with Crippen molar-refractivity contribution in [2.45, 2.75) is 6.18 Å². The number of hydrogen-bond donors (Lipinski definition) is 2. The predicted molar refractivity (Wildman–Crippen MR) is 52.5 cm³/mol.